The van der Waals surface area contributed by atoms with E-state index in [-0.39, 0.29) is 0 Å². The van der Waals surface area contributed by atoms with Crippen LogP contribution in [0.4, 0.5) is 4.39 Å². The van der Waals surface area contributed by atoms with E-state index in [4.69, 9.17) is 0 Å². The third kappa shape index (κ3) is 2.86. The molecular weight excluding hydrogens is 251 g/mol. The summed E-state index contributed by atoms with van der Waals surface area (Å²) in [5.41, 5.74) is 0.412. The molecule has 0 N–H and O–H groups in total. The molecule has 0 radical (unpaired) electrons. The first kappa shape index (κ1) is 10.7. The maximum absolute atomic E-state index is 12.7. The van der Waals surface area contributed by atoms with Crippen LogP contribution < -0.4 is 0 Å². The lowest BCUT2D eigenvalue weighted by Crippen LogP contribution is -1.94. The van der Waals surface area contributed by atoms with Crippen LogP contribution in [-0.4, -0.2) is 13.1 Å². The Morgan fingerprint density at radius 2 is 2.29 bits per heavy atom. The second kappa shape index (κ2) is 4.77. The summed E-state index contributed by atoms with van der Waals surface area (Å²) >= 11 is 3.18. The Kier molecular flexibility index (Phi) is 3.66. The van der Waals surface area contributed by atoms with E-state index in [9.17, 15) is 9.18 Å². The van der Waals surface area contributed by atoms with Gasteiger partial charge in [0, 0.05) is 16.0 Å². The molecule has 0 saturated heterocycles. The fraction of sp³-hybridized carbons (Fsp3) is 0.100. The minimum Gasteiger partial charge on any atom is -0.459 e. The Morgan fingerprint density at radius 1 is 1.57 bits per heavy atom. The van der Waals surface area contributed by atoms with E-state index in [1.54, 1.807) is 0 Å². The van der Waals surface area contributed by atoms with Crippen molar-refractivity contribution in [2.45, 2.75) is 0 Å². The highest BCUT2D eigenvalue weighted by Gasteiger charge is 1.98. The van der Waals surface area contributed by atoms with Gasteiger partial charge < -0.3 is 4.74 Å². The molecule has 1 aromatic carbocycles. The average Bonchev–Trinajstić information content (AvgIpc) is 2.19. The van der Waals surface area contributed by atoms with Crippen LogP contribution >= 0.6 is 15.9 Å². The van der Waals surface area contributed by atoms with Crippen molar-refractivity contribution >= 4 is 21.9 Å². The van der Waals surface area contributed by atoms with Gasteiger partial charge in [0.1, 0.15) is 5.82 Å². The zero-order valence-corrected chi connectivity index (χ0v) is 8.89. The zero-order chi connectivity index (χ0) is 10.6. The Labute approximate surface area is 89.2 Å². The van der Waals surface area contributed by atoms with Crippen molar-refractivity contribution in [3.63, 3.8) is 0 Å². The van der Waals surface area contributed by atoms with Crippen molar-refractivity contribution in [2.75, 3.05) is 7.11 Å². The maximum Gasteiger partial charge on any atom is 0.384 e. The molecule has 0 saturated carbocycles. The Morgan fingerprint density at radius 3 is 2.93 bits per heavy atom. The number of hydrogen-bond acceptors (Lipinski definition) is 2. The molecule has 1 rings (SSSR count). The molecule has 0 fully saturated rings. The van der Waals surface area contributed by atoms with Gasteiger partial charge in [0.2, 0.25) is 0 Å². The van der Waals surface area contributed by atoms with E-state index in [1.807, 2.05) is 0 Å². The van der Waals surface area contributed by atoms with Crippen molar-refractivity contribution in [3.8, 4) is 11.8 Å². The van der Waals surface area contributed by atoms with Gasteiger partial charge in [-0.3, -0.25) is 0 Å². The lowest BCUT2D eigenvalue weighted by atomic mass is 10.2. The van der Waals surface area contributed by atoms with Gasteiger partial charge in [0.25, 0.3) is 0 Å². The van der Waals surface area contributed by atoms with Crippen LogP contribution in [-0.2, 0) is 9.53 Å². The monoisotopic (exact) mass is 256 g/mol. The molecule has 14 heavy (non-hydrogen) atoms. The minimum atomic E-state index is -0.652. The molecule has 0 heterocycles. The topological polar surface area (TPSA) is 26.3 Å². The molecule has 0 unspecified atom stereocenters. The predicted molar refractivity (Wildman–Crippen MR) is 53.0 cm³/mol. The van der Waals surface area contributed by atoms with Gasteiger partial charge >= 0.3 is 5.97 Å². The molecule has 1 aromatic rings. The van der Waals surface area contributed by atoms with Crippen LogP contribution in [0.1, 0.15) is 5.56 Å². The van der Waals surface area contributed by atoms with Crippen LogP contribution in [0.3, 0.4) is 0 Å². The van der Waals surface area contributed by atoms with Crippen molar-refractivity contribution in [1.29, 1.82) is 0 Å². The lowest BCUT2D eigenvalue weighted by Gasteiger charge is -1.94. The second-order valence-corrected chi connectivity index (χ2v) is 3.22. The predicted octanol–water partition coefficient (Wildman–Crippen LogP) is 2.11. The lowest BCUT2D eigenvalue weighted by molar-refractivity contribution is -0.133. The highest BCUT2D eigenvalue weighted by Crippen LogP contribution is 2.16. The van der Waals surface area contributed by atoms with Gasteiger partial charge in [-0.1, -0.05) is 5.92 Å². The molecule has 0 amide bonds. The van der Waals surface area contributed by atoms with Crippen LogP contribution in [0.25, 0.3) is 0 Å². The number of carbonyl (C=O) groups is 1. The first-order valence-electron chi connectivity index (χ1n) is 3.68. The molecule has 2 nitrogen and oxygen atoms in total. The molecule has 4 heteroatoms. The van der Waals surface area contributed by atoms with Crippen LogP contribution in [0.5, 0.6) is 0 Å². The maximum atomic E-state index is 12.7. The second-order valence-electron chi connectivity index (χ2n) is 2.37. The highest BCUT2D eigenvalue weighted by molar-refractivity contribution is 9.10. The number of esters is 1. The van der Waals surface area contributed by atoms with Crippen molar-refractivity contribution in [3.05, 3.63) is 34.1 Å². The molecule has 0 aliphatic rings. The average molecular weight is 257 g/mol. The minimum absolute atomic E-state index is 0.401. The number of halogens is 2. The largest absolute Gasteiger partial charge is 0.459 e. The van der Waals surface area contributed by atoms with Crippen LogP contribution in [0, 0.1) is 17.7 Å². The normalized spacial score (nSPS) is 8.79. The summed E-state index contributed by atoms with van der Waals surface area (Å²) in [6.45, 7) is 0. The summed E-state index contributed by atoms with van der Waals surface area (Å²) in [6, 6.07) is 4.06. The van der Waals surface area contributed by atoms with Crippen molar-refractivity contribution in [2.24, 2.45) is 0 Å². The number of carbonyl (C=O) groups excluding carboxylic acids is 1. The molecule has 0 aromatic heterocycles. The number of hydrogen-bond donors (Lipinski definition) is 0. The summed E-state index contributed by atoms with van der Waals surface area (Å²) < 4.78 is 17.7. The fourth-order valence-corrected chi connectivity index (χ4v) is 1.11. The van der Waals surface area contributed by atoms with E-state index in [0.29, 0.717) is 10.0 Å². The van der Waals surface area contributed by atoms with Crippen molar-refractivity contribution in [1.82, 2.24) is 0 Å². The van der Waals surface area contributed by atoms with Gasteiger partial charge in [-0.05, 0) is 34.1 Å². The molecule has 0 atom stereocenters. The molecule has 72 valence electrons. The van der Waals surface area contributed by atoms with E-state index >= 15 is 0 Å². The molecule has 0 aliphatic carbocycles. The van der Waals surface area contributed by atoms with E-state index < -0.39 is 11.8 Å². The fourth-order valence-electron chi connectivity index (χ4n) is 0.763. The van der Waals surface area contributed by atoms with Gasteiger partial charge in [-0.25, -0.2) is 9.18 Å². The SMILES string of the molecule is COC(=O)C#Cc1cc(F)ccc1Br. The van der Waals surface area contributed by atoms with Crippen LogP contribution in [0.2, 0.25) is 0 Å². The summed E-state index contributed by atoms with van der Waals surface area (Å²) in [5, 5.41) is 0. The summed E-state index contributed by atoms with van der Waals surface area (Å²) in [5.74, 6) is 3.65. The first-order chi connectivity index (χ1) is 6.63. The molecule has 0 spiro atoms. The quantitative estimate of drug-likeness (QED) is 0.525. The molecular formula is C10H6BrFO2. The smallest absolute Gasteiger partial charge is 0.384 e. The van der Waals surface area contributed by atoms with E-state index in [2.05, 4.69) is 32.5 Å². The third-order valence-electron chi connectivity index (χ3n) is 1.41. The highest BCUT2D eigenvalue weighted by atomic mass is 79.9. The van der Waals surface area contributed by atoms with Crippen molar-refractivity contribution < 1.29 is 13.9 Å². The summed E-state index contributed by atoms with van der Waals surface area (Å²) in [6.07, 6.45) is 0. The number of ether oxygens (including phenoxy) is 1. The van der Waals surface area contributed by atoms with E-state index in [0.717, 1.165) is 0 Å². The Bertz CT molecular complexity index is 418. The Hall–Kier alpha value is -1.34. The number of methoxy groups -OCH3 is 1. The number of benzene rings is 1. The number of rotatable bonds is 0. The zero-order valence-electron chi connectivity index (χ0n) is 7.30. The first-order valence-corrected chi connectivity index (χ1v) is 4.48. The van der Waals surface area contributed by atoms with Gasteiger partial charge in [-0.2, -0.15) is 0 Å². The summed E-state index contributed by atoms with van der Waals surface area (Å²) in [4.78, 5) is 10.7. The summed E-state index contributed by atoms with van der Waals surface area (Å²) in [7, 11) is 1.23. The molecule has 0 aliphatic heterocycles. The Balaban J connectivity index is 3.00. The standard InChI is InChI=1S/C10H6BrFO2/c1-14-10(13)5-2-7-6-8(12)3-4-9(7)11/h3-4,6H,1H3. The van der Waals surface area contributed by atoms with E-state index in [1.165, 1.54) is 25.3 Å². The van der Waals surface area contributed by atoms with Gasteiger partial charge in [0.15, 0.2) is 0 Å². The van der Waals surface area contributed by atoms with Gasteiger partial charge in [-0.15, -0.1) is 0 Å². The third-order valence-corrected chi connectivity index (χ3v) is 2.10. The molecule has 0 bridgehead atoms. The van der Waals surface area contributed by atoms with Gasteiger partial charge in [0.05, 0.1) is 7.11 Å². The van der Waals surface area contributed by atoms with Crippen LogP contribution in [0.15, 0.2) is 22.7 Å².